The summed E-state index contributed by atoms with van der Waals surface area (Å²) < 4.78 is 29.2. The molecule has 1 amide bonds. The summed E-state index contributed by atoms with van der Waals surface area (Å²) in [5.41, 5.74) is -1.99. The van der Waals surface area contributed by atoms with E-state index < -0.39 is 51.4 Å². The highest BCUT2D eigenvalue weighted by Gasteiger charge is 2.70. The van der Waals surface area contributed by atoms with Crippen molar-refractivity contribution in [3.63, 3.8) is 0 Å². The summed E-state index contributed by atoms with van der Waals surface area (Å²) in [6, 6.07) is 2.14. The maximum atomic E-state index is 14.6. The standard InChI is InChI=1S/C34H46F2N2O3/c1-9-34(35,36)27(41)38-33-14-12-28(2,3)18-21(33)25-22(39)16-24-30(6)17-20(19-37)26(40)29(4,5)23(30)10-11-31(24,7)32(25,8)13-15-33/h16-17,21,23,25H,9-15,18H2,1-8H3,(H,38,41)/t21?,23-,25?,30-,31+,32+,33-/m0/s1. The predicted octanol–water partition coefficient (Wildman–Crippen LogP) is 7.12. The van der Waals surface area contributed by atoms with Gasteiger partial charge in [0.25, 0.3) is 5.91 Å². The highest BCUT2D eigenvalue weighted by atomic mass is 19.3. The highest BCUT2D eigenvalue weighted by molar-refractivity contribution is 6.04. The summed E-state index contributed by atoms with van der Waals surface area (Å²) in [4.78, 5) is 40.6. The maximum absolute atomic E-state index is 14.6. The number of halogens is 2. The molecule has 5 aliphatic carbocycles. The van der Waals surface area contributed by atoms with E-state index >= 15 is 0 Å². The molecule has 0 saturated heterocycles. The van der Waals surface area contributed by atoms with Crippen LogP contribution < -0.4 is 5.32 Å². The van der Waals surface area contributed by atoms with Crippen molar-refractivity contribution in [3.8, 4) is 6.07 Å². The Morgan fingerprint density at radius 2 is 1.68 bits per heavy atom. The summed E-state index contributed by atoms with van der Waals surface area (Å²) in [7, 11) is 0. The molecule has 0 aromatic heterocycles. The average Bonchev–Trinajstić information content (AvgIpc) is 2.88. The van der Waals surface area contributed by atoms with Crippen LogP contribution in [0.25, 0.3) is 0 Å². The number of alkyl halides is 2. The zero-order valence-electron chi connectivity index (χ0n) is 26.0. The van der Waals surface area contributed by atoms with Crippen LogP contribution in [-0.4, -0.2) is 28.9 Å². The number of nitrogens with one attached hydrogen (secondary N) is 1. The molecule has 0 radical (unpaired) electrons. The molecule has 5 nitrogen and oxygen atoms in total. The van der Waals surface area contributed by atoms with Crippen LogP contribution in [0.15, 0.2) is 23.3 Å². The van der Waals surface area contributed by atoms with Gasteiger partial charge in [-0.2, -0.15) is 14.0 Å². The zero-order valence-corrected chi connectivity index (χ0v) is 26.0. The van der Waals surface area contributed by atoms with E-state index in [-0.39, 0.29) is 34.4 Å². The van der Waals surface area contributed by atoms with E-state index in [9.17, 15) is 28.4 Å². The molecule has 1 N–H and O–H groups in total. The van der Waals surface area contributed by atoms with E-state index in [2.05, 4.69) is 46.0 Å². The van der Waals surface area contributed by atoms with Crippen LogP contribution in [0.2, 0.25) is 0 Å². The molecule has 3 fully saturated rings. The zero-order chi connectivity index (χ0) is 30.6. The van der Waals surface area contributed by atoms with Crippen molar-refractivity contribution in [1.29, 1.82) is 5.26 Å². The molecule has 5 aliphatic rings. The second kappa shape index (κ2) is 8.83. The smallest absolute Gasteiger partial charge is 0.324 e. The first-order chi connectivity index (χ1) is 18.7. The van der Waals surface area contributed by atoms with Crippen molar-refractivity contribution >= 4 is 17.5 Å². The van der Waals surface area contributed by atoms with E-state index in [4.69, 9.17) is 0 Å². The number of Topliss-reactive ketones (excluding diaryl/α,β-unsaturated/α-hetero) is 1. The Morgan fingerprint density at radius 3 is 2.29 bits per heavy atom. The second-order valence-corrected chi connectivity index (χ2v) is 15.9. The average molecular weight is 569 g/mol. The Morgan fingerprint density at radius 1 is 1.05 bits per heavy atom. The molecular weight excluding hydrogens is 522 g/mol. The fraction of sp³-hybridized carbons (Fsp3) is 0.765. The van der Waals surface area contributed by atoms with Crippen LogP contribution in [0.1, 0.15) is 107 Å². The van der Waals surface area contributed by atoms with E-state index in [1.165, 1.54) is 6.92 Å². The molecule has 224 valence electrons. The van der Waals surface area contributed by atoms with Crippen LogP contribution >= 0.6 is 0 Å². The van der Waals surface area contributed by atoms with Gasteiger partial charge in [0.1, 0.15) is 6.07 Å². The van der Waals surface area contributed by atoms with Gasteiger partial charge in [0.2, 0.25) is 0 Å². The number of hydrogen-bond acceptors (Lipinski definition) is 4. The Bertz CT molecular complexity index is 1320. The number of allylic oxidation sites excluding steroid dienone is 4. The molecule has 41 heavy (non-hydrogen) atoms. The van der Waals surface area contributed by atoms with Crippen molar-refractivity contribution in [1.82, 2.24) is 5.32 Å². The normalized spacial score (nSPS) is 42.8. The summed E-state index contributed by atoms with van der Waals surface area (Å²) in [5, 5.41) is 12.7. The van der Waals surface area contributed by atoms with Gasteiger partial charge in [-0.15, -0.1) is 0 Å². The molecule has 5 rings (SSSR count). The van der Waals surface area contributed by atoms with Gasteiger partial charge in [-0.05, 0) is 79.1 Å². The van der Waals surface area contributed by atoms with Gasteiger partial charge in [0, 0.05) is 28.7 Å². The van der Waals surface area contributed by atoms with Gasteiger partial charge in [0.05, 0.1) is 5.57 Å². The lowest BCUT2D eigenvalue weighted by atomic mass is 9.35. The van der Waals surface area contributed by atoms with Crippen LogP contribution in [-0.2, 0) is 14.4 Å². The first-order valence-corrected chi connectivity index (χ1v) is 15.4. The topological polar surface area (TPSA) is 87.0 Å². The Labute approximate surface area is 243 Å². The monoisotopic (exact) mass is 568 g/mol. The van der Waals surface area contributed by atoms with E-state index in [1.807, 2.05) is 19.9 Å². The largest absolute Gasteiger partial charge is 0.345 e. The fourth-order valence-corrected chi connectivity index (χ4v) is 10.3. The molecular formula is C34H46F2N2O3. The lowest BCUT2D eigenvalue weighted by Crippen LogP contribution is -2.70. The van der Waals surface area contributed by atoms with Gasteiger partial charge in [-0.3, -0.25) is 14.4 Å². The fourth-order valence-electron chi connectivity index (χ4n) is 10.3. The number of hydrogen-bond donors (Lipinski definition) is 1. The quantitative estimate of drug-likeness (QED) is 0.393. The first kappa shape index (κ1) is 30.1. The molecule has 7 atom stereocenters. The SMILES string of the molecule is CCC(F)(F)C(=O)N[C@]12CCC(C)(C)CC1C1C(=O)C=C3[C@@]4(C)C=C(C#N)C(=O)C(C)(C)[C@@H]4CC[C@@]3(C)[C@]1(C)CC2. The predicted molar refractivity (Wildman–Crippen MR) is 153 cm³/mol. The van der Waals surface area contributed by atoms with Crippen molar-refractivity contribution in [2.24, 2.45) is 44.8 Å². The number of nitrogens with zero attached hydrogens (tertiary/aromatic N) is 1. The lowest BCUT2D eigenvalue weighted by Gasteiger charge is -2.69. The summed E-state index contributed by atoms with van der Waals surface area (Å²) in [6.07, 6.45) is 7.88. The minimum absolute atomic E-state index is 0.00765. The Kier molecular flexibility index (Phi) is 6.49. The first-order valence-electron chi connectivity index (χ1n) is 15.4. The van der Waals surface area contributed by atoms with Crippen LogP contribution in [0, 0.1) is 56.2 Å². The summed E-state index contributed by atoms with van der Waals surface area (Å²) >= 11 is 0. The second-order valence-electron chi connectivity index (χ2n) is 15.9. The van der Waals surface area contributed by atoms with Crippen molar-refractivity contribution in [2.75, 3.05) is 0 Å². The van der Waals surface area contributed by atoms with E-state index in [0.717, 1.165) is 24.8 Å². The van der Waals surface area contributed by atoms with Gasteiger partial charge >= 0.3 is 5.92 Å². The van der Waals surface area contributed by atoms with Crippen molar-refractivity contribution < 1.29 is 23.2 Å². The van der Waals surface area contributed by atoms with Gasteiger partial charge < -0.3 is 5.32 Å². The summed E-state index contributed by atoms with van der Waals surface area (Å²) in [5.74, 6) is -5.54. The Balaban J connectivity index is 1.66. The molecule has 0 aliphatic heterocycles. The highest BCUT2D eigenvalue weighted by Crippen LogP contribution is 2.73. The molecule has 0 bridgehead atoms. The number of ketones is 2. The molecule has 3 saturated carbocycles. The lowest BCUT2D eigenvalue weighted by molar-refractivity contribution is -0.169. The molecule has 2 unspecified atom stereocenters. The summed E-state index contributed by atoms with van der Waals surface area (Å²) in [6.45, 7) is 16.0. The van der Waals surface area contributed by atoms with E-state index in [0.29, 0.717) is 25.7 Å². The number of amides is 1. The molecule has 0 heterocycles. The third kappa shape index (κ3) is 3.91. The minimum atomic E-state index is -3.45. The number of nitriles is 1. The maximum Gasteiger partial charge on any atom is 0.324 e. The van der Waals surface area contributed by atoms with Crippen LogP contribution in [0.4, 0.5) is 8.78 Å². The molecule has 0 aromatic rings. The third-order valence-electron chi connectivity index (χ3n) is 13.0. The van der Waals surface area contributed by atoms with Gasteiger partial charge in [0.15, 0.2) is 11.6 Å². The number of carbonyl (C=O) groups is 3. The number of rotatable bonds is 3. The molecule has 0 spiro atoms. The molecule has 7 heteroatoms. The minimum Gasteiger partial charge on any atom is -0.345 e. The number of carbonyl (C=O) groups excluding carboxylic acids is 3. The van der Waals surface area contributed by atoms with Crippen LogP contribution in [0.3, 0.4) is 0 Å². The molecule has 0 aromatic carbocycles. The van der Waals surface area contributed by atoms with Gasteiger partial charge in [-0.1, -0.05) is 67.0 Å². The Hall–Kier alpha value is -2.36. The van der Waals surface area contributed by atoms with Gasteiger partial charge in [-0.25, -0.2) is 0 Å². The number of fused-ring (bicyclic) bond motifs is 7. The van der Waals surface area contributed by atoms with Crippen molar-refractivity contribution in [2.45, 2.75) is 118 Å². The van der Waals surface area contributed by atoms with Crippen LogP contribution in [0.5, 0.6) is 0 Å². The van der Waals surface area contributed by atoms with E-state index in [1.54, 1.807) is 6.08 Å². The third-order valence-corrected chi connectivity index (χ3v) is 13.0. The van der Waals surface area contributed by atoms with Crippen molar-refractivity contribution in [3.05, 3.63) is 23.3 Å².